The summed E-state index contributed by atoms with van der Waals surface area (Å²) in [6, 6.07) is 3.56. The molecular weight excluding hydrogens is 184 g/mol. The van der Waals surface area contributed by atoms with Crippen molar-refractivity contribution in [1.82, 2.24) is 0 Å². The van der Waals surface area contributed by atoms with Crippen LogP contribution in [0.25, 0.3) is 0 Å². The highest BCUT2D eigenvalue weighted by atomic mass is 32.1. The number of carbonyl (C=O) groups is 1. The highest BCUT2D eigenvalue weighted by Gasteiger charge is 2.10. The van der Waals surface area contributed by atoms with Crippen molar-refractivity contribution in [1.29, 1.82) is 0 Å². The van der Waals surface area contributed by atoms with Gasteiger partial charge in [0.1, 0.15) is 6.26 Å². The minimum atomic E-state index is 0.0260. The Morgan fingerprint density at radius 3 is 2.85 bits per heavy atom. The van der Waals surface area contributed by atoms with Gasteiger partial charge in [-0.3, -0.25) is 4.79 Å². The number of hydrogen-bond donors (Lipinski definition) is 0. The van der Waals surface area contributed by atoms with Crippen LogP contribution < -0.4 is 0 Å². The SMILES string of the molecule is Cc1cc(C(=O)c2ccoc2)cs1. The maximum atomic E-state index is 11.7. The van der Waals surface area contributed by atoms with Crippen molar-refractivity contribution in [2.45, 2.75) is 6.92 Å². The third-order valence-corrected chi connectivity index (χ3v) is 2.64. The quantitative estimate of drug-likeness (QED) is 0.685. The van der Waals surface area contributed by atoms with E-state index in [1.165, 1.54) is 12.5 Å². The molecule has 2 nitrogen and oxygen atoms in total. The molecule has 0 saturated carbocycles. The van der Waals surface area contributed by atoms with Gasteiger partial charge in [0.25, 0.3) is 0 Å². The van der Waals surface area contributed by atoms with Crippen molar-refractivity contribution in [3.8, 4) is 0 Å². The highest BCUT2D eigenvalue weighted by molar-refractivity contribution is 7.10. The van der Waals surface area contributed by atoms with Crippen molar-refractivity contribution in [3.63, 3.8) is 0 Å². The summed E-state index contributed by atoms with van der Waals surface area (Å²) in [6.45, 7) is 1.98. The molecule has 66 valence electrons. The Labute approximate surface area is 79.8 Å². The second kappa shape index (κ2) is 3.18. The van der Waals surface area contributed by atoms with E-state index in [-0.39, 0.29) is 5.78 Å². The van der Waals surface area contributed by atoms with Crippen LogP contribution in [0.4, 0.5) is 0 Å². The maximum absolute atomic E-state index is 11.7. The largest absolute Gasteiger partial charge is 0.472 e. The molecule has 2 aromatic rings. The predicted octanol–water partition coefficient (Wildman–Crippen LogP) is 2.88. The van der Waals surface area contributed by atoms with Gasteiger partial charge in [-0.05, 0) is 19.1 Å². The van der Waals surface area contributed by atoms with Crippen LogP contribution in [0.1, 0.15) is 20.8 Å². The van der Waals surface area contributed by atoms with Crippen molar-refractivity contribution in [2.75, 3.05) is 0 Å². The van der Waals surface area contributed by atoms with Gasteiger partial charge in [0, 0.05) is 15.8 Å². The molecule has 0 aliphatic heterocycles. The van der Waals surface area contributed by atoms with Gasteiger partial charge < -0.3 is 4.42 Å². The average Bonchev–Trinajstić information content (AvgIpc) is 2.72. The zero-order valence-corrected chi connectivity index (χ0v) is 7.93. The van der Waals surface area contributed by atoms with E-state index in [1.54, 1.807) is 17.4 Å². The third-order valence-electron chi connectivity index (χ3n) is 1.78. The van der Waals surface area contributed by atoms with Crippen LogP contribution in [-0.4, -0.2) is 5.78 Å². The van der Waals surface area contributed by atoms with Crippen LogP contribution in [0, 0.1) is 6.92 Å². The predicted molar refractivity (Wildman–Crippen MR) is 51.2 cm³/mol. The molecule has 3 heteroatoms. The van der Waals surface area contributed by atoms with E-state index in [9.17, 15) is 4.79 Å². The number of ketones is 1. The minimum Gasteiger partial charge on any atom is -0.472 e. The summed E-state index contributed by atoms with van der Waals surface area (Å²) in [5.41, 5.74) is 1.35. The number of hydrogen-bond acceptors (Lipinski definition) is 3. The third kappa shape index (κ3) is 1.55. The molecule has 0 spiro atoms. The number of aryl methyl sites for hydroxylation is 1. The molecular formula is C10H8O2S. The molecule has 2 aromatic heterocycles. The van der Waals surface area contributed by atoms with Crippen molar-refractivity contribution >= 4 is 17.1 Å². The topological polar surface area (TPSA) is 30.2 Å². The molecule has 2 heterocycles. The molecule has 0 bridgehead atoms. The van der Waals surface area contributed by atoms with Crippen LogP contribution >= 0.6 is 11.3 Å². The summed E-state index contributed by atoms with van der Waals surface area (Å²) in [6.07, 6.45) is 2.97. The van der Waals surface area contributed by atoms with E-state index >= 15 is 0 Å². The van der Waals surface area contributed by atoms with E-state index in [0.717, 1.165) is 10.4 Å². The first-order valence-electron chi connectivity index (χ1n) is 3.89. The van der Waals surface area contributed by atoms with Crippen LogP contribution in [0.5, 0.6) is 0 Å². The van der Waals surface area contributed by atoms with E-state index in [2.05, 4.69) is 0 Å². The summed E-state index contributed by atoms with van der Waals surface area (Å²) in [5, 5.41) is 1.87. The molecule has 0 fully saturated rings. The Bertz CT molecular complexity index is 412. The van der Waals surface area contributed by atoms with Crippen LogP contribution in [0.15, 0.2) is 34.5 Å². The molecule has 0 aliphatic carbocycles. The summed E-state index contributed by atoms with van der Waals surface area (Å²) in [7, 11) is 0. The van der Waals surface area contributed by atoms with Gasteiger partial charge in [-0.2, -0.15) is 0 Å². The number of rotatable bonds is 2. The van der Waals surface area contributed by atoms with Gasteiger partial charge in [0.15, 0.2) is 5.78 Å². The van der Waals surface area contributed by atoms with Crippen LogP contribution in [0.2, 0.25) is 0 Å². The molecule has 0 atom stereocenters. The van der Waals surface area contributed by atoms with Crippen molar-refractivity contribution in [2.24, 2.45) is 0 Å². The Morgan fingerprint density at radius 2 is 2.31 bits per heavy atom. The summed E-state index contributed by atoms with van der Waals surface area (Å²) in [4.78, 5) is 12.8. The molecule has 0 unspecified atom stereocenters. The lowest BCUT2D eigenvalue weighted by Gasteiger charge is -1.90. The first-order chi connectivity index (χ1) is 6.27. The van der Waals surface area contributed by atoms with Gasteiger partial charge in [-0.15, -0.1) is 11.3 Å². The highest BCUT2D eigenvalue weighted by Crippen LogP contribution is 2.17. The van der Waals surface area contributed by atoms with Gasteiger partial charge in [-0.25, -0.2) is 0 Å². The second-order valence-corrected chi connectivity index (χ2v) is 3.90. The van der Waals surface area contributed by atoms with E-state index in [1.807, 2.05) is 18.4 Å². The number of carbonyl (C=O) groups excluding carboxylic acids is 1. The average molecular weight is 192 g/mol. The van der Waals surface area contributed by atoms with Crippen LogP contribution in [0.3, 0.4) is 0 Å². The molecule has 2 rings (SSSR count). The molecule has 0 amide bonds. The lowest BCUT2D eigenvalue weighted by atomic mass is 10.1. The van der Waals surface area contributed by atoms with Gasteiger partial charge in [0.05, 0.1) is 11.8 Å². The van der Waals surface area contributed by atoms with E-state index in [0.29, 0.717) is 5.56 Å². The summed E-state index contributed by atoms with van der Waals surface area (Å²) < 4.78 is 4.85. The standard InChI is InChI=1S/C10H8O2S/c1-7-4-9(6-13-7)10(11)8-2-3-12-5-8/h2-6H,1H3. The molecule has 0 N–H and O–H groups in total. The minimum absolute atomic E-state index is 0.0260. The number of thiophene rings is 1. The second-order valence-electron chi connectivity index (χ2n) is 2.79. The van der Waals surface area contributed by atoms with Crippen molar-refractivity contribution in [3.05, 3.63) is 46.0 Å². The molecule has 0 aromatic carbocycles. The summed E-state index contributed by atoms with van der Waals surface area (Å²) in [5.74, 6) is 0.0260. The first-order valence-corrected chi connectivity index (χ1v) is 4.77. The first kappa shape index (κ1) is 8.26. The summed E-state index contributed by atoms with van der Waals surface area (Å²) >= 11 is 1.58. The molecule has 13 heavy (non-hydrogen) atoms. The van der Waals surface area contributed by atoms with Gasteiger partial charge in [0.2, 0.25) is 0 Å². The lowest BCUT2D eigenvalue weighted by Crippen LogP contribution is -1.96. The fourth-order valence-corrected chi connectivity index (χ4v) is 1.81. The lowest BCUT2D eigenvalue weighted by molar-refractivity contribution is 0.103. The fourth-order valence-electron chi connectivity index (χ4n) is 1.12. The number of furan rings is 1. The Hall–Kier alpha value is -1.35. The molecule has 0 radical (unpaired) electrons. The maximum Gasteiger partial charge on any atom is 0.197 e. The Balaban J connectivity index is 2.33. The molecule has 0 aliphatic rings. The van der Waals surface area contributed by atoms with Gasteiger partial charge in [-0.1, -0.05) is 0 Å². The fraction of sp³-hybridized carbons (Fsp3) is 0.100. The van der Waals surface area contributed by atoms with Gasteiger partial charge >= 0.3 is 0 Å². The zero-order valence-electron chi connectivity index (χ0n) is 7.11. The Kier molecular flexibility index (Phi) is 2.02. The van der Waals surface area contributed by atoms with Crippen LogP contribution in [-0.2, 0) is 0 Å². The Morgan fingerprint density at radius 1 is 1.46 bits per heavy atom. The van der Waals surface area contributed by atoms with E-state index in [4.69, 9.17) is 4.42 Å². The van der Waals surface area contributed by atoms with Crippen molar-refractivity contribution < 1.29 is 9.21 Å². The smallest absolute Gasteiger partial charge is 0.197 e. The zero-order chi connectivity index (χ0) is 9.26. The monoisotopic (exact) mass is 192 g/mol. The van der Waals surface area contributed by atoms with E-state index < -0.39 is 0 Å². The molecule has 0 saturated heterocycles. The normalized spacial score (nSPS) is 10.2.